The monoisotopic (exact) mass is 188 g/mol. The summed E-state index contributed by atoms with van der Waals surface area (Å²) < 4.78 is 4.71. The fourth-order valence-corrected chi connectivity index (χ4v) is 0.680. The summed E-state index contributed by atoms with van der Waals surface area (Å²) >= 11 is 0. The van der Waals surface area contributed by atoms with Crippen molar-refractivity contribution >= 4 is 5.91 Å². The van der Waals surface area contributed by atoms with Crippen LogP contribution in [0.1, 0.15) is 6.42 Å². The first-order chi connectivity index (χ1) is 6.09. The van der Waals surface area contributed by atoms with Crippen LogP contribution < -0.4 is 5.73 Å². The van der Waals surface area contributed by atoms with Crippen molar-refractivity contribution in [2.24, 2.45) is 5.73 Å². The number of hydrogen-bond acceptors (Lipinski definition) is 4. The van der Waals surface area contributed by atoms with Gasteiger partial charge in [-0.05, 0) is 12.5 Å². The molecule has 6 nitrogen and oxygen atoms in total. The summed E-state index contributed by atoms with van der Waals surface area (Å²) in [6.45, 7) is 0.458. The van der Waals surface area contributed by atoms with Gasteiger partial charge in [0.2, 0.25) is 0 Å². The van der Waals surface area contributed by atoms with Crippen molar-refractivity contribution in [3.05, 3.63) is 22.3 Å². The molecule has 1 atom stereocenters. The van der Waals surface area contributed by atoms with Crippen molar-refractivity contribution in [3.63, 3.8) is 0 Å². The second-order valence-corrected chi connectivity index (χ2v) is 2.34. The summed E-state index contributed by atoms with van der Waals surface area (Å²) in [6.07, 6.45) is 3.19. The van der Waals surface area contributed by atoms with Gasteiger partial charge in [0, 0.05) is 18.6 Å². The van der Waals surface area contributed by atoms with Gasteiger partial charge in [-0.3, -0.25) is 14.9 Å². The van der Waals surface area contributed by atoms with Crippen LogP contribution in [0.3, 0.4) is 0 Å². The lowest BCUT2D eigenvalue weighted by atomic mass is 10.2. The molecule has 0 fully saturated rings. The van der Waals surface area contributed by atoms with Gasteiger partial charge in [-0.15, -0.1) is 0 Å². The van der Waals surface area contributed by atoms with Crippen LogP contribution in [0.2, 0.25) is 0 Å². The summed E-state index contributed by atoms with van der Waals surface area (Å²) in [6, 6.07) is -1.43. The molecule has 0 rings (SSSR count). The molecule has 0 saturated heterocycles. The highest BCUT2D eigenvalue weighted by Crippen LogP contribution is 1.93. The summed E-state index contributed by atoms with van der Waals surface area (Å²) in [7, 11) is 1.52. The minimum absolute atomic E-state index is 0.458. The van der Waals surface area contributed by atoms with E-state index in [1.54, 1.807) is 0 Å². The number of nitro groups is 1. The van der Waals surface area contributed by atoms with Crippen molar-refractivity contribution in [2.45, 2.75) is 12.5 Å². The second-order valence-electron chi connectivity index (χ2n) is 2.34. The van der Waals surface area contributed by atoms with E-state index in [4.69, 9.17) is 10.5 Å². The molecule has 0 aromatic rings. The van der Waals surface area contributed by atoms with Gasteiger partial charge >= 0.3 is 6.04 Å². The first-order valence-electron chi connectivity index (χ1n) is 3.68. The first kappa shape index (κ1) is 11.6. The molecule has 2 N–H and O–H groups in total. The number of nitrogens with zero attached hydrogens (tertiary/aromatic N) is 1. The lowest BCUT2D eigenvalue weighted by Gasteiger charge is -1.98. The molecule has 1 amide bonds. The number of carbonyl (C=O) groups excluding carboxylic acids is 1. The van der Waals surface area contributed by atoms with Gasteiger partial charge < -0.3 is 10.5 Å². The molecule has 6 heteroatoms. The maximum atomic E-state index is 10.5. The third kappa shape index (κ3) is 4.91. The molecular weight excluding hydrogens is 176 g/mol. The van der Waals surface area contributed by atoms with Crippen LogP contribution in [-0.2, 0) is 9.53 Å². The lowest BCUT2D eigenvalue weighted by Crippen LogP contribution is -2.33. The predicted octanol–water partition coefficient (Wildman–Crippen LogP) is -0.290. The molecule has 74 valence electrons. The molecule has 0 heterocycles. The molecule has 0 spiro atoms. The molecule has 13 heavy (non-hydrogen) atoms. The highest BCUT2D eigenvalue weighted by molar-refractivity contribution is 5.80. The fraction of sp³-hybridized carbons (Fsp3) is 0.571. The standard InChI is InChI=1S/C7H12N2O4/c1-13-5-3-2-4-6(7(8)10)9(11)12/h2,4,6H,3,5H2,1H3,(H2,8,10). The maximum absolute atomic E-state index is 10.5. The number of nitrogens with two attached hydrogens (primary N) is 1. The third-order valence-electron chi connectivity index (χ3n) is 1.33. The molecule has 0 bridgehead atoms. The van der Waals surface area contributed by atoms with Crippen molar-refractivity contribution < 1.29 is 14.5 Å². The Morgan fingerprint density at radius 2 is 2.38 bits per heavy atom. The number of methoxy groups -OCH3 is 1. The van der Waals surface area contributed by atoms with E-state index in [1.807, 2.05) is 0 Å². The Balaban J connectivity index is 4.03. The Labute approximate surface area is 75.5 Å². The van der Waals surface area contributed by atoms with Crippen LogP contribution in [0, 0.1) is 10.1 Å². The van der Waals surface area contributed by atoms with Crippen molar-refractivity contribution in [1.82, 2.24) is 0 Å². The quantitative estimate of drug-likeness (QED) is 0.268. The molecule has 0 saturated carbocycles. The van der Waals surface area contributed by atoms with Crippen molar-refractivity contribution in [1.29, 1.82) is 0 Å². The highest BCUT2D eigenvalue weighted by Gasteiger charge is 2.22. The van der Waals surface area contributed by atoms with Crippen LogP contribution in [0.4, 0.5) is 0 Å². The molecule has 0 aliphatic rings. The minimum Gasteiger partial charge on any atom is -0.384 e. The Hall–Kier alpha value is -1.43. The predicted molar refractivity (Wildman–Crippen MR) is 45.6 cm³/mol. The summed E-state index contributed by atoms with van der Waals surface area (Å²) in [5.74, 6) is -0.960. The topological polar surface area (TPSA) is 95.5 Å². The minimum atomic E-state index is -1.43. The first-order valence-corrected chi connectivity index (χ1v) is 3.68. The SMILES string of the molecule is COCCC=CC(C(N)=O)[N+](=O)[O-]. The van der Waals surface area contributed by atoms with E-state index in [1.165, 1.54) is 19.3 Å². The van der Waals surface area contributed by atoms with Crippen LogP contribution in [-0.4, -0.2) is 30.6 Å². The Bertz CT molecular complexity index is 201. The van der Waals surface area contributed by atoms with Crippen LogP contribution in [0.25, 0.3) is 0 Å². The zero-order valence-corrected chi connectivity index (χ0v) is 7.30. The largest absolute Gasteiger partial charge is 0.384 e. The van der Waals surface area contributed by atoms with E-state index < -0.39 is 16.9 Å². The maximum Gasteiger partial charge on any atom is 0.307 e. The average molecular weight is 188 g/mol. The smallest absolute Gasteiger partial charge is 0.307 e. The van der Waals surface area contributed by atoms with E-state index in [0.29, 0.717) is 13.0 Å². The van der Waals surface area contributed by atoms with Crippen LogP contribution in [0.5, 0.6) is 0 Å². The highest BCUT2D eigenvalue weighted by atomic mass is 16.6. The van der Waals surface area contributed by atoms with Gasteiger partial charge in [0.1, 0.15) is 0 Å². The van der Waals surface area contributed by atoms with Crippen molar-refractivity contribution in [3.8, 4) is 0 Å². The van der Waals surface area contributed by atoms with Gasteiger partial charge in [-0.25, -0.2) is 0 Å². The molecular formula is C7H12N2O4. The summed E-state index contributed by atoms with van der Waals surface area (Å²) in [4.78, 5) is 20.0. The van der Waals surface area contributed by atoms with E-state index in [0.717, 1.165) is 0 Å². The number of rotatable bonds is 6. The number of carbonyl (C=O) groups is 1. The Kier molecular flexibility index (Phi) is 5.45. The molecule has 0 aliphatic carbocycles. The zero-order chi connectivity index (χ0) is 10.3. The Morgan fingerprint density at radius 1 is 1.77 bits per heavy atom. The third-order valence-corrected chi connectivity index (χ3v) is 1.33. The molecule has 1 unspecified atom stereocenters. The normalized spacial score (nSPS) is 13.0. The van der Waals surface area contributed by atoms with Gasteiger partial charge in [0.05, 0.1) is 0 Å². The Morgan fingerprint density at radius 3 is 2.77 bits per heavy atom. The second kappa shape index (κ2) is 6.13. The lowest BCUT2D eigenvalue weighted by molar-refractivity contribution is -0.494. The van der Waals surface area contributed by atoms with Gasteiger partial charge in [-0.2, -0.15) is 0 Å². The van der Waals surface area contributed by atoms with E-state index >= 15 is 0 Å². The van der Waals surface area contributed by atoms with Gasteiger partial charge in [0.25, 0.3) is 5.91 Å². The van der Waals surface area contributed by atoms with E-state index in [-0.39, 0.29) is 0 Å². The summed E-state index contributed by atoms with van der Waals surface area (Å²) in [5, 5.41) is 10.2. The average Bonchev–Trinajstić information content (AvgIpc) is 2.02. The molecule has 0 radical (unpaired) electrons. The van der Waals surface area contributed by atoms with Gasteiger partial charge in [-0.1, -0.05) is 6.08 Å². The van der Waals surface area contributed by atoms with Crippen LogP contribution >= 0.6 is 0 Å². The number of hydrogen-bond donors (Lipinski definition) is 1. The molecule has 0 aliphatic heterocycles. The van der Waals surface area contributed by atoms with Crippen LogP contribution in [0.15, 0.2) is 12.2 Å². The van der Waals surface area contributed by atoms with Gasteiger partial charge in [0.15, 0.2) is 0 Å². The van der Waals surface area contributed by atoms with E-state index in [9.17, 15) is 14.9 Å². The summed E-state index contributed by atoms with van der Waals surface area (Å²) in [5.41, 5.74) is 4.79. The number of amides is 1. The van der Waals surface area contributed by atoms with Crippen molar-refractivity contribution in [2.75, 3.05) is 13.7 Å². The van der Waals surface area contributed by atoms with E-state index in [2.05, 4.69) is 0 Å². The number of primary amides is 1. The number of ether oxygens (including phenoxy) is 1. The zero-order valence-electron chi connectivity index (χ0n) is 7.30. The molecule has 0 aromatic carbocycles. The molecule has 0 aromatic heterocycles. The fourth-order valence-electron chi connectivity index (χ4n) is 0.680.